The summed E-state index contributed by atoms with van der Waals surface area (Å²) in [6, 6.07) is 84.9. The quantitative estimate of drug-likeness (QED) is 0.136. The normalized spacial score (nSPS) is 11.4. The molecule has 0 saturated carbocycles. The highest BCUT2D eigenvalue weighted by Crippen LogP contribution is 2.48. The second-order valence-corrected chi connectivity index (χ2v) is 16.7. The molecule has 0 amide bonds. The van der Waals surface area contributed by atoms with Gasteiger partial charge in [-0.3, -0.25) is 4.57 Å². The first-order valence-corrected chi connectivity index (χ1v) is 22.5. The molecule has 12 rings (SSSR count). The summed E-state index contributed by atoms with van der Waals surface area (Å²) in [6.45, 7) is 2.17. The van der Waals surface area contributed by atoms with E-state index in [1.165, 1.54) is 16.5 Å². The Balaban J connectivity index is 1.13. The van der Waals surface area contributed by atoms with E-state index in [1.807, 2.05) is 6.20 Å². The fourth-order valence-corrected chi connectivity index (χ4v) is 9.74. The minimum Gasteiger partial charge on any atom is -0.308 e. The average Bonchev–Trinajstić information content (AvgIpc) is 3.94. The molecule has 66 heavy (non-hydrogen) atoms. The van der Waals surface area contributed by atoms with Crippen LogP contribution in [0.5, 0.6) is 0 Å². The van der Waals surface area contributed by atoms with Crippen LogP contribution in [0, 0.1) is 6.92 Å². The minimum atomic E-state index is 0.869. The third-order valence-electron chi connectivity index (χ3n) is 12.8. The van der Waals surface area contributed by atoms with Crippen LogP contribution in [0.2, 0.25) is 0 Å². The SMILES string of the molecule is Cc1ccccc1-c1ccnc(-n2c3ccccc3c3ccc(N(c4cccc(-n5[cH+]n(-c6ccccc6)c6ccccc65)c4)c4c(-c5ccccc5)cccc4-c4ccccc4)cc32)c1. The van der Waals surface area contributed by atoms with E-state index in [2.05, 4.69) is 268 Å². The van der Waals surface area contributed by atoms with Gasteiger partial charge in [0.25, 0.3) is 0 Å². The standard InChI is InChI=1S/C61H44N5/c1-43-19-11-12-28-51(43)46-37-38-62-60(39-46)66-56-32-14-13-29-54(56)55-36-35-50(41-59(55)66)65(61-52(44-20-5-2-6-21-44)30-18-31-53(61)45-22-7-3-8-23-45)49-27-17-26-48(40-49)64-42-63(47-24-9-4-10-25-47)57-33-15-16-34-58(57)64/h2-42H,1H3/q+1. The molecule has 0 spiro atoms. The molecular formula is C61H44N5+. The predicted molar refractivity (Wildman–Crippen MR) is 275 cm³/mol. The van der Waals surface area contributed by atoms with E-state index in [-0.39, 0.29) is 0 Å². The van der Waals surface area contributed by atoms with Gasteiger partial charge in [-0.15, -0.1) is 0 Å². The van der Waals surface area contributed by atoms with Crippen LogP contribution in [0.25, 0.3) is 83.4 Å². The lowest BCUT2D eigenvalue weighted by Crippen LogP contribution is -2.13. The van der Waals surface area contributed by atoms with Crippen LogP contribution in [0.1, 0.15) is 5.56 Å². The number of aryl methyl sites for hydroxylation is 1. The van der Waals surface area contributed by atoms with E-state index in [9.17, 15) is 0 Å². The average molecular weight is 847 g/mol. The fourth-order valence-electron chi connectivity index (χ4n) is 9.74. The number of benzene rings is 9. The number of anilines is 3. The maximum Gasteiger partial charge on any atom is 0.168 e. The highest BCUT2D eigenvalue weighted by Gasteiger charge is 2.25. The number of nitrogens with zero attached hydrogens (tertiary/aromatic N) is 5. The highest BCUT2D eigenvalue weighted by atomic mass is 15.2. The summed E-state index contributed by atoms with van der Waals surface area (Å²) in [4.78, 5) is 7.54. The van der Waals surface area contributed by atoms with E-state index in [0.717, 1.165) is 89.5 Å². The summed E-state index contributed by atoms with van der Waals surface area (Å²) in [5.41, 5.74) is 17.8. The van der Waals surface area contributed by atoms with Gasteiger partial charge in [-0.1, -0.05) is 164 Å². The molecule has 3 aromatic heterocycles. The predicted octanol–water partition coefficient (Wildman–Crippen LogP) is 16.0. The summed E-state index contributed by atoms with van der Waals surface area (Å²) in [7, 11) is 0. The highest BCUT2D eigenvalue weighted by molar-refractivity contribution is 6.11. The van der Waals surface area contributed by atoms with Crippen molar-refractivity contribution in [1.82, 2.24) is 18.7 Å². The van der Waals surface area contributed by atoms with Crippen LogP contribution < -0.4 is 4.90 Å². The van der Waals surface area contributed by atoms with Crippen molar-refractivity contribution in [1.29, 1.82) is 0 Å². The Morgan fingerprint density at radius 2 is 0.939 bits per heavy atom. The van der Waals surface area contributed by atoms with Gasteiger partial charge in [0, 0.05) is 52.0 Å². The molecule has 9 aromatic carbocycles. The van der Waals surface area contributed by atoms with E-state index < -0.39 is 0 Å². The maximum atomic E-state index is 5.07. The number of hydrogen-bond donors (Lipinski definition) is 0. The maximum absolute atomic E-state index is 5.07. The Labute approximate surface area is 384 Å². The van der Waals surface area contributed by atoms with E-state index in [4.69, 9.17) is 4.98 Å². The molecule has 12 aromatic rings. The molecule has 0 aliphatic carbocycles. The first kappa shape index (κ1) is 38.8. The number of hydrogen-bond acceptors (Lipinski definition) is 2. The molecule has 0 N–H and O–H groups in total. The van der Waals surface area contributed by atoms with Crippen molar-refractivity contribution >= 4 is 49.9 Å². The van der Waals surface area contributed by atoms with E-state index in [0.29, 0.717) is 0 Å². The third-order valence-corrected chi connectivity index (χ3v) is 12.8. The summed E-state index contributed by atoms with van der Waals surface area (Å²) < 4.78 is 6.91. The Morgan fingerprint density at radius 1 is 0.394 bits per heavy atom. The Kier molecular flexibility index (Phi) is 9.65. The van der Waals surface area contributed by atoms with Gasteiger partial charge in [0.15, 0.2) is 17.4 Å². The van der Waals surface area contributed by atoms with Crippen molar-refractivity contribution in [3.63, 3.8) is 0 Å². The van der Waals surface area contributed by atoms with Gasteiger partial charge in [-0.05, 0) is 89.3 Å². The van der Waals surface area contributed by atoms with Crippen LogP contribution in [0.3, 0.4) is 0 Å². The Morgan fingerprint density at radius 3 is 1.65 bits per heavy atom. The van der Waals surface area contributed by atoms with Gasteiger partial charge >= 0.3 is 0 Å². The number of rotatable bonds is 9. The largest absolute Gasteiger partial charge is 0.308 e. The first-order valence-electron chi connectivity index (χ1n) is 22.5. The Bertz CT molecular complexity index is 3660. The minimum absolute atomic E-state index is 0.869. The van der Waals surface area contributed by atoms with Crippen LogP contribution in [-0.4, -0.2) is 18.7 Å². The van der Waals surface area contributed by atoms with Crippen molar-refractivity contribution in [3.8, 4) is 50.6 Å². The molecule has 0 unspecified atom stereocenters. The zero-order valence-corrected chi connectivity index (χ0v) is 36.4. The number of fused-ring (bicyclic) bond motifs is 4. The zero-order valence-electron chi connectivity index (χ0n) is 36.4. The monoisotopic (exact) mass is 846 g/mol. The van der Waals surface area contributed by atoms with Gasteiger partial charge in [-0.25, -0.2) is 4.98 Å². The third kappa shape index (κ3) is 6.73. The van der Waals surface area contributed by atoms with E-state index in [1.54, 1.807) is 0 Å². The molecule has 0 aliphatic rings. The van der Waals surface area contributed by atoms with Crippen molar-refractivity contribution < 1.29 is 0 Å². The van der Waals surface area contributed by atoms with Gasteiger partial charge < -0.3 is 4.90 Å². The van der Waals surface area contributed by atoms with E-state index >= 15 is 0 Å². The van der Waals surface area contributed by atoms with Gasteiger partial charge in [-0.2, -0.15) is 9.13 Å². The molecule has 5 heteroatoms. The lowest BCUT2D eigenvalue weighted by Gasteiger charge is -2.30. The van der Waals surface area contributed by atoms with Crippen LogP contribution in [0.4, 0.5) is 17.1 Å². The molecule has 3 heterocycles. The van der Waals surface area contributed by atoms with Gasteiger partial charge in [0.1, 0.15) is 17.2 Å². The topological polar surface area (TPSA) is 30.9 Å². The summed E-state index contributed by atoms with van der Waals surface area (Å²) >= 11 is 0. The van der Waals surface area contributed by atoms with Crippen LogP contribution >= 0.6 is 0 Å². The molecule has 0 atom stereocenters. The number of pyridine rings is 1. The molecule has 0 fully saturated rings. The second kappa shape index (κ2) is 16.4. The number of imidazole rings is 1. The molecular weight excluding hydrogens is 803 g/mol. The fraction of sp³-hybridized carbons (Fsp3) is 0.0164. The van der Waals surface area contributed by atoms with Crippen LogP contribution in [0.15, 0.2) is 249 Å². The van der Waals surface area contributed by atoms with Crippen molar-refractivity contribution in [3.05, 3.63) is 255 Å². The van der Waals surface area contributed by atoms with Gasteiger partial charge in [0.05, 0.1) is 22.4 Å². The Hall–Kier alpha value is -8.80. The number of aromatic nitrogens is 4. The van der Waals surface area contributed by atoms with Crippen molar-refractivity contribution in [2.24, 2.45) is 0 Å². The summed E-state index contributed by atoms with van der Waals surface area (Å²) in [6.07, 6.45) is 4.15. The first-order chi connectivity index (χ1) is 32.7. The molecule has 0 aliphatic heterocycles. The smallest absolute Gasteiger partial charge is 0.168 e. The van der Waals surface area contributed by atoms with Crippen molar-refractivity contribution in [2.45, 2.75) is 6.92 Å². The molecule has 0 radical (unpaired) electrons. The lowest BCUT2D eigenvalue weighted by atomic mass is 9.94. The van der Waals surface area contributed by atoms with Crippen molar-refractivity contribution in [2.75, 3.05) is 4.90 Å². The van der Waals surface area contributed by atoms with Crippen LogP contribution in [-0.2, 0) is 0 Å². The molecule has 5 nitrogen and oxygen atoms in total. The van der Waals surface area contributed by atoms with Gasteiger partial charge in [0.2, 0.25) is 0 Å². The second-order valence-electron chi connectivity index (χ2n) is 16.7. The molecule has 312 valence electrons. The lowest BCUT2D eigenvalue weighted by molar-refractivity contribution is 1.01. The zero-order chi connectivity index (χ0) is 44.0. The number of para-hydroxylation sites is 5. The molecule has 0 saturated heterocycles. The summed E-state index contributed by atoms with van der Waals surface area (Å²) in [5, 5.41) is 2.34. The molecule has 0 bridgehead atoms. The summed E-state index contributed by atoms with van der Waals surface area (Å²) in [5.74, 6) is 0.869.